The highest BCUT2D eigenvalue weighted by molar-refractivity contribution is 5.89. The maximum absolute atomic E-state index is 12.5. The molecule has 0 bridgehead atoms. The monoisotopic (exact) mass is 352 g/mol. The number of nitrogens with one attached hydrogen (secondary N) is 1. The summed E-state index contributed by atoms with van der Waals surface area (Å²) in [7, 11) is 0. The third kappa shape index (κ3) is 4.52. The largest absolute Gasteiger partial charge is 0.416 e. The minimum absolute atomic E-state index is 0.277. The lowest BCUT2D eigenvalue weighted by Gasteiger charge is -2.32. The molecule has 0 spiro atoms. The molecule has 2 aromatic rings. The van der Waals surface area contributed by atoms with E-state index in [1.54, 1.807) is 17.4 Å². The summed E-state index contributed by atoms with van der Waals surface area (Å²) in [5, 5.41) is 2.66. The van der Waals surface area contributed by atoms with Crippen molar-refractivity contribution in [2.45, 2.75) is 25.6 Å². The number of urea groups is 1. The number of amides is 2. The van der Waals surface area contributed by atoms with E-state index in [0.717, 1.165) is 31.5 Å². The average molecular weight is 352 g/mol. The first-order valence-corrected chi connectivity index (χ1v) is 8.11. The SMILES string of the molecule is O=C(Nc1ccc(C(F)(F)F)cc1)N1CCC(Cn2ccnc2)CC1. The molecule has 8 heteroatoms. The zero-order valence-corrected chi connectivity index (χ0v) is 13.5. The van der Waals surface area contributed by atoms with Gasteiger partial charge in [-0.3, -0.25) is 0 Å². The van der Waals surface area contributed by atoms with Crippen molar-refractivity contribution in [3.8, 4) is 0 Å². The molecular formula is C17H19F3N4O. The van der Waals surface area contributed by atoms with Gasteiger partial charge in [0, 0.05) is 37.7 Å². The predicted molar refractivity (Wildman–Crippen MR) is 87.0 cm³/mol. The smallest absolute Gasteiger partial charge is 0.337 e. The number of rotatable bonds is 3. The number of anilines is 1. The number of aromatic nitrogens is 2. The number of alkyl halides is 3. The molecule has 1 aliphatic heterocycles. The predicted octanol–water partition coefficient (Wildman–Crippen LogP) is 3.85. The van der Waals surface area contributed by atoms with Crippen LogP contribution in [0.5, 0.6) is 0 Å². The molecule has 1 aromatic carbocycles. The Morgan fingerprint density at radius 1 is 1.20 bits per heavy atom. The first-order valence-electron chi connectivity index (χ1n) is 8.11. The standard InChI is InChI=1S/C17H19F3N4O/c18-17(19,20)14-1-3-15(4-2-14)22-16(25)24-8-5-13(6-9-24)11-23-10-7-21-12-23/h1-4,7,10,12-13H,5-6,8-9,11H2,(H,22,25). The third-order valence-corrected chi connectivity index (χ3v) is 4.39. The van der Waals surface area contributed by atoms with Gasteiger partial charge in [-0.05, 0) is 43.0 Å². The van der Waals surface area contributed by atoms with Gasteiger partial charge in [0.25, 0.3) is 0 Å². The number of likely N-dealkylation sites (tertiary alicyclic amines) is 1. The van der Waals surface area contributed by atoms with Crippen LogP contribution in [0.3, 0.4) is 0 Å². The first kappa shape index (κ1) is 17.3. The van der Waals surface area contributed by atoms with Crippen LogP contribution in [0.1, 0.15) is 18.4 Å². The Kier molecular flexibility index (Phi) is 4.96. The van der Waals surface area contributed by atoms with E-state index in [1.807, 2.05) is 10.8 Å². The quantitative estimate of drug-likeness (QED) is 0.912. The fraction of sp³-hybridized carbons (Fsp3) is 0.412. The highest BCUT2D eigenvalue weighted by atomic mass is 19.4. The minimum atomic E-state index is -4.38. The molecular weight excluding hydrogens is 333 g/mol. The number of imidazole rings is 1. The van der Waals surface area contributed by atoms with Gasteiger partial charge in [-0.25, -0.2) is 9.78 Å². The van der Waals surface area contributed by atoms with Crippen molar-refractivity contribution in [3.63, 3.8) is 0 Å². The molecule has 134 valence electrons. The van der Waals surface area contributed by atoms with Gasteiger partial charge >= 0.3 is 12.2 Å². The molecule has 0 radical (unpaired) electrons. The lowest BCUT2D eigenvalue weighted by atomic mass is 9.97. The number of nitrogens with zero attached hydrogens (tertiary/aromatic N) is 3. The van der Waals surface area contributed by atoms with E-state index < -0.39 is 11.7 Å². The third-order valence-electron chi connectivity index (χ3n) is 4.39. The van der Waals surface area contributed by atoms with Crippen molar-refractivity contribution in [1.29, 1.82) is 0 Å². The van der Waals surface area contributed by atoms with Crippen LogP contribution in [0.4, 0.5) is 23.7 Å². The second kappa shape index (κ2) is 7.16. The fourth-order valence-corrected chi connectivity index (χ4v) is 2.96. The van der Waals surface area contributed by atoms with Gasteiger partial charge in [0.05, 0.1) is 11.9 Å². The average Bonchev–Trinajstić information content (AvgIpc) is 3.08. The molecule has 1 fully saturated rings. The first-order chi connectivity index (χ1) is 11.9. The van der Waals surface area contributed by atoms with E-state index in [0.29, 0.717) is 24.7 Å². The topological polar surface area (TPSA) is 50.2 Å². The van der Waals surface area contributed by atoms with E-state index in [1.165, 1.54) is 12.1 Å². The van der Waals surface area contributed by atoms with Crippen molar-refractivity contribution < 1.29 is 18.0 Å². The Balaban J connectivity index is 1.49. The van der Waals surface area contributed by atoms with Crippen molar-refractivity contribution in [2.24, 2.45) is 5.92 Å². The molecule has 3 rings (SSSR count). The molecule has 0 atom stereocenters. The highest BCUT2D eigenvalue weighted by Gasteiger charge is 2.30. The lowest BCUT2D eigenvalue weighted by Crippen LogP contribution is -2.41. The van der Waals surface area contributed by atoms with Gasteiger partial charge in [0.2, 0.25) is 0 Å². The molecule has 1 aromatic heterocycles. The van der Waals surface area contributed by atoms with Gasteiger partial charge < -0.3 is 14.8 Å². The summed E-state index contributed by atoms with van der Waals surface area (Å²) in [5.74, 6) is 0.490. The Hall–Kier alpha value is -2.51. The summed E-state index contributed by atoms with van der Waals surface area (Å²) in [4.78, 5) is 18.0. The summed E-state index contributed by atoms with van der Waals surface area (Å²) < 4.78 is 39.7. The number of hydrogen-bond donors (Lipinski definition) is 1. The maximum Gasteiger partial charge on any atom is 0.416 e. The van der Waals surface area contributed by atoms with Gasteiger partial charge in [-0.1, -0.05) is 0 Å². The molecule has 1 saturated heterocycles. The summed E-state index contributed by atoms with van der Waals surface area (Å²) in [5.41, 5.74) is -0.371. The Morgan fingerprint density at radius 3 is 2.44 bits per heavy atom. The van der Waals surface area contributed by atoms with Crippen LogP contribution in [0, 0.1) is 5.92 Å². The van der Waals surface area contributed by atoms with Crippen molar-refractivity contribution in [2.75, 3.05) is 18.4 Å². The fourth-order valence-electron chi connectivity index (χ4n) is 2.96. The summed E-state index contributed by atoms with van der Waals surface area (Å²) in [6.45, 7) is 2.14. The van der Waals surface area contributed by atoms with Gasteiger partial charge in [-0.15, -0.1) is 0 Å². The number of piperidine rings is 1. The van der Waals surface area contributed by atoms with E-state index in [2.05, 4.69) is 10.3 Å². The van der Waals surface area contributed by atoms with Crippen molar-refractivity contribution >= 4 is 11.7 Å². The normalized spacial score (nSPS) is 16.0. The highest BCUT2D eigenvalue weighted by Crippen LogP contribution is 2.30. The van der Waals surface area contributed by atoms with E-state index in [4.69, 9.17) is 0 Å². The molecule has 0 saturated carbocycles. The van der Waals surface area contributed by atoms with Crippen LogP contribution in [0.15, 0.2) is 43.0 Å². The van der Waals surface area contributed by atoms with Crippen LogP contribution in [-0.2, 0) is 12.7 Å². The van der Waals surface area contributed by atoms with Crippen molar-refractivity contribution in [3.05, 3.63) is 48.5 Å². The zero-order valence-electron chi connectivity index (χ0n) is 13.5. The van der Waals surface area contributed by atoms with E-state index >= 15 is 0 Å². The second-order valence-corrected chi connectivity index (χ2v) is 6.20. The second-order valence-electron chi connectivity index (χ2n) is 6.20. The number of carbonyl (C=O) groups is 1. The van der Waals surface area contributed by atoms with Crippen LogP contribution in [-0.4, -0.2) is 33.6 Å². The molecule has 1 aliphatic rings. The molecule has 2 amide bonds. The number of hydrogen-bond acceptors (Lipinski definition) is 2. The summed E-state index contributed by atoms with van der Waals surface area (Å²) in [6, 6.07) is 4.19. The number of halogens is 3. The summed E-state index contributed by atoms with van der Waals surface area (Å²) >= 11 is 0. The Morgan fingerprint density at radius 2 is 1.88 bits per heavy atom. The van der Waals surface area contributed by atoms with Crippen LogP contribution in [0.25, 0.3) is 0 Å². The Labute approximate surface area is 143 Å². The Bertz CT molecular complexity index is 690. The zero-order chi connectivity index (χ0) is 17.9. The lowest BCUT2D eigenvalue weighted by molar-refractivity contribution is -0.137. The number of benzene rings is 1. The molecule has 0 unspecified atom stereocenters. The molecule has 25 heavy (non-hydrogen) atoms. The number of carbonyl (C=O) groups excluding carboxylic acids is 1. The minimum Gasteiger partial charge on any atom is -0.337 e. The van der Waals surface area contributed by atoms with Gasteiger partial charge in [-0.2, -0.15) is 13.2 Å². The molecule has 5 nitrogen and oxygen atoms in total. The molecule has 2 heterocycles. The van der Waals surface area contributed by atoms with Crippen LogP contribution < -0.4 is 5.32 Å². The van der Waals surface area contributed by atoms with E-state index in [-0.39, 0.29) is 6.03 Å². The molecule has 1 N–H and O–H groups in total. The van der Waals surface area contributed by atoms with Crippen LogP contribution in [0.2, 0.25) is 0 Å². The van der Waals surface area contributed by atoms with Gasteiger partial charge in [0.1, 0.15) is 0 Å². The molecule has 0 aliphatic carbocycles. The van der Waals surface area contributed by atoms with Crippen molar-refractivity contribution in [1.82, 2.24) is 14.5 Å². The summed E-state index contributed by atoms with van der Waals surface area (Å²) in [6.07, 6.45) is 2.84. The van der Waals surface area contributed by atoms with E-state index in [9.17, 15) is 18.0 Å². The van der Waals surface area contributed by atoms with Crippen LogP contribution >= 0.6 is 0 Å². The van der Waals surface area contributed by atoms with Gasteiger partial charge in [0.15, 0.2) is 0 Å². The maximum atomic E-state index is 12.5.